The van der Waals surface area contributed by atoms with Crippen molar-refractivity contribution in [1.29, 1.82) is 0 Å². The maximum absolute atomic E-state index is 12.3. The van der Waals surface area contributed by atoms with Crippen LogP contribution in [-0.4, -0.2) is 5.78 Å². The Morgan fingerprint density at radius 2 is 2.06 bits per heavy atom. The van der Waals surface area contributed by atoms with Crippen LogP contribution in [0.15, 0.2) is 41.0 Å². The summed E-state index contributed by atoms with van der Waals surface area (Å²) in [5.41, 5.74) is 2.59. The fourth-order valence-electron chi connectivity index (χ4n) is 2.09. The van der Waals surface area contributed by atoms with Crippen LogP contribution in [0.25, 0.3) is 0 Å². The normalized spacial score (nSPS) is 10.9. The number of benzene rings is 1. The molecule has 2 aromatic rings. The standard InChI is InChI=1S/C16H18O2/c1-11(2)9-13-5-4-6-14(10-13)16(17)15-7-8-18-12(15)3/h4-8,10-11H,9H2,1-3H3. The van der Waals surface area contributed by atoms with Crippen molar-refractivity contribution in [2.45, 2.75) is 27.2 Å². The average Bonchev–Trinajstić information content (AvgIpc) is 2.74. The summed E-state index contributed by atoms with van der Waals surface area (Å²) >= 11 is 0. The number of rotatable bonds is 4. The molecule has 1 aromatic heterocycles. The summed E-state index contributed by atoms with van der Waals surface area (Å²) < 4.78 is 5.18. The summed E-state index contributed by atoms with van der Waals surface area (Å²) in [6, 6.07) is 9.58. The van der Waals surface area contributed by atoms with Crippen LogP contribution >= 0.6 is 0 Å². The second-order valence-electron chi connectivity index (χ2n) is 5.02. The Morgan fingerprint density at radius 3 is 2.67 bits per heavy atom. The first-order chi connectivity index (χ1) is 8.58. The monoisotopic (exact) mass is 242 g/mol. The molecule has 0 N–H and O–H groups in total. The van der Waals surface area contributed by atoms with E-state index in [1.807, 2.05) is 25.1 Å². The van der Waals surface area contributed by atoms with E-state index in [9.17, 15) is 4.79 Å². The zero-order chi connectivity index (χ0) is 13.1. The Hall–Kier alpha value is -1.83. The van der Waals surface area contributed by atoms with Crippen molar-refractivity contribution in [3.63, 3.8) is 0 Å². The van der Waals surface area contributed by atoms with Gasteiger partial charge in [-0.2, -0.15) is 0 Å². The van der Waals surface area contributed by atoms with Gasteiger partial charge in [-0.05, 0) is 37.0 Å². The number of carbonyl (C=O) groups is 1. The summed E-state index contributed by atoms with van der Waals surface area (Å²) in [4.78, 5) is 12.3. The first kappa shape index (κ1) is 12.6. The molecule has 0 radical (unpaired) electrons. The molecule has 0 fully saturated rings. The van der Waals surface area contributed by atoms with Crippen LogP contribution in [-0.2, 0) is 6.42 Å². The van der Waals surface area contributed by atoms with Gasteiger partial charge in [0.1, 0.15) is 5.76 Å². The molecule has 2 rings (SSSR count). The molecule has 94 valence electrons. The minimum atomic E-state index is 0.0341. The first-order valence-corrected chi connectivity index (χ1v) is 6.25. The molecule has 0 spiro atoms. The van der Waals surface area contributed by atoms with Gasteiger partial charge in [0.15, 0.2) is 5.78 Å². The lowest BCUT2D eigenvalue weighted by atomic mass is 9.97. The second kappa shape index (κ2) is 5.21. The van der Waals surface area contributed by atoms with Crippen molar-refractivity contribution in [2.75, 3.05) is 0 Å². The van der Waals surface area contributed by atoms with Crippen molar-refractivity contribution in [3.05, 3.63) is 59.0 Å². The molecular weight excluding hydrogens is 224 g/mol. The van der Waals surface area contributed by atoms with E-state index >= 15 is 0 Å². The minimum Gasteiger partial charge on any atom is -0.469 e. The number of carbonyl (C=O) groups excluding carboxylic acids is 1. The molecule has 1 aromatic carbocycles. The van der Waals surface area contributed by atoms with Crippen LogP contribution in [0.3, 0.4) is 0 Å². The van der Waals surface area contributed by atoms with Crippen molar-refractivity contribution in [2.24, 2.45) is 5.92 Å². The molecule has 1 heterocycles. The Balaban J connectivity index is 2.29. The van der Waals surface area contributed by atoms with Gasteiger partial charge in [0, 0.05) is 5.56 Å². The Bertz CT molecular complexity index is 550. The molecule has 0 amide bonds. The zero-order valence-corrected chi connectivity index (χ0v) is 11.1. The first-order valence-electron chi connectivity index (χ1n) is 6.25. The smallest absolute Gasteiger partial charge is 0.196 e. The topological polar surface area (TPSA) is 30.2 Å². The third-order valence-corrected chi connectivity index (χ3v) is 2.94. The molecule has 0 aliphatic rings. The van der Waals surface area contributed by atoms with Gasteiger partial charge in [-0.15, -0.1) is 0 Å². The van der Waals surface area contributed by atoms with Crippen LogP contribution in [0.4, 0.5) is 0 Å². The molecule has 0 aliphatic carbocycles. The summed E-state index contributed by atoms with van der Waals surface area (Å²) in [5.74, 6) is 1.30. The quantitative estimate of drug-likeness (QED) is 0.758. The van der Waals surface area contributed by atoms with Gasteiger partial charge in [0.2, 0.25) is 0 Å². The zero-order valence-electron chi connectivity index (χ0n) is 11.1. The van der Waals surface area contributed by atoms with Crippen LogP contribution < -0.4 is 0 Å². The Morgan fingerprint density at radius 1 is 1.28 bits per heavy atom. The van der Waals surface area contributed by atoms with Gasteiger partial charge in [-0.25, -0.2) is 0 Å². The molecular formula is C16H18O2. The Kier molecular flexibility index (Phi) is 3.66. The number of furan rings is 1. The highest BCUT2D eigenvalue weighted by molar-refractivity contribution is 6.09. The van der Waals surface area contributed by atoms with Crippen molar-refractivity contribution < 1.29 is 9.21 Å². The maximum Gasteiger partial charge on any atom is 0.196 e. The largest absolute Gasteiger partial charge is 0.469 e. The van der Waals surface area contributed by atoms with E-state index in [0.717, 1.165) is 12.0 Å². The summed E-state index contributed by atoms with van der Waals surface area (Å²) in [5, 5.41) is 0. The third kappa shape index (κ3) is 2.70. The van der Waals surface area contributed by atoms with Crippen LogP contribution in [0.2, 0.25) is 0 Å². The van der Waals surface area contributed by atoms with E-state index in [1.54, 1.807) is 12.3 Å². The van der Waals surface area contributed by atoms with Gasteiger partial charge in [0.05, 0.1) is 11.8 Å². The number of hydrogen-bond donors (Lipinski definition) is 0. The van der Waals surface area contributed by atoms with Gasteiger partial charge < -0.3 is 4.42 Å². The van der Waals surface area contributed by atoms with Gasteiger partial charge in [-0.1, -0.05) is 32.0 Å². The van der Waals surface area contributed by atoms with Gasteiger partial charge in [-0.3, -0.25) is 4.79 Å². The predicted molar refractivity (Wildman–Crippen MR) is 71.9 cm³/mol. The van der Waals surface area contributed by atoms with E-state index in [-0.39, 0.29) is 5.78 Å². The molecule has 2 nitrogen and oxygen atoms in total. The van der Waals surface area contributed by atoms with Gasteiger partial charge in [0.25, 0.3) is 0 Å². The van der Waals surface area contributed by atoms with E-state index in [2.05, 4.69) is 19.9 Å². The minimum absolute atomic E-state index is 0.0341. The molecule has 18 heavy (non-hydrogen) atoms. The summed E-state index contributed by atoms with van der Waals surface area (Å²) in [7, 11) is 0. The van der Waals surface area contributed by atoms with E-state index in [1.165, 1.54) is 5.56 Å². The van der Waals surface area contributed by atoms with E-state index in [4.69, 9.17) is 4.42 Å². The second-order valence-corrected chi connectivity index (χ2v) is 5.02. The number of hydrogen-bond acceptors (Lipinski definition) is 2. The van der Waals surface area contributed by atoms with Crippen molar-refractivity contribution >= 4 is 5.78 Å². The average molecular weight is 242 g/mol. The summed E-state index contributed by atoms with van der Waals surface area (Å²) in [6.45, 7) is 6.16. The van der Waals surface area contributed by atoms with Crippen LogP contribution in [0.1, 0.15) is 41.1 Å². The van der Waals surface area contributed by atoms with E-state index < -0.39 is 0 Å². The molecule has 0 aliphatic heterocycles. The Labute approximate surface area is 108 Å². The van der Waals surface area contributed by atoms with Crippen molar-refractivity contribution in [1.82, 2.24) is 0 Å². The summed E-state index contributed by atoms with van der Waals surface area (Å²) in [6.07, 6.45) is 2.55. The van der Waals surface area contributed by atoms with Crippen LogP contribution in [0.5, 0.6) is 0 Å². The van der Waals surface area contributed by atoms with Crippen molar-refractivity contribution in [3.8, 4) is 0 Å². The van der Waals surface area contributed by atoms with Gasteiger partial charge >= 0.3 is 0 Å². The van der Waals surface area contributed by atoms with Crippen LogP contribution in [0, 0.1) is 12.8 Å². The molecule has 0 bridgehead atoms. The highest BCUT2D eigenvalue weighted by Crippen LogP contribution is 2.17. The molecule has 0 unspecified atom stereocenters. The number of aryl methyl sites for hydroxylation is 1. The lowest BCUT2D eigenvalue weighted by molar-refractivity contribution is 0.103. The molecule has 0 atom stereocenters. The highest BCUT2D eigenvalue weighted by Gasteiger charge is 2.14. The fourth-order valence-corrected chi connectivity index (χ4v) is 2.09. The van der Waals surface area contributed by atoms with E-state index in [0.29, 0.717) is 17.2 Å². The SMILES string of the molecule is Cc1occc1C(=O)c1cccc(CC(C)C)c1. The molecule has 0 saturated carbocycles. The molecule has 0 saturated heterocycles. The lowest BCUT2D eigenvalue weighted by Gasteiger charge is -2.06. The highest BCUT2D eigenvalue weighted by atomic mass is 16.3. The predicted octanol–water partition coefficient (Wildman–Crippen LogP) is 4.02. The third-order valence-electron chi connectivity index (χ3n) is 2.94. The maximum atomic E-state index is 12.3. The fraction of sp³-hybridized carbons (Fsp3) is 0.312. The lowest BCUT2D eigenvalue weighted by Crippen LogP contribution is -2.03. The number of ketones is 1. The molecule has 2 heteroatoms.